The van der Waals surface area contributed by atoms with E-state index in [1.807, 2.05) is 13.8 Å². The second-order valence-corrected chi connectivity index (χ2v) is 10.1. The van der Waals surface area contributed by atoms with Crippen molar-refractivity contribution in [2.75, 3.05) is 17.6 Å². The van der Waals surface area contributed by atoms with Crippen molar-refractivity contribution < 1.29 is 33.6 Å². The SMILES string of the molecule is CC(C)c1nc(N(C)S(C)(O)O)nc(-c2ccc(F)cc2)c1/C=C/[C@@H](O)C[C@@H](O)CC(=O)[O-]. The summed E-state index contributed by atoms with van der Waals surface area (Å²) in [6.45, 7) is 3.75. The summed E-state index contributed by atoms with van der Waals surface area (Å²) in [5, 5.41) is 30.6. The highest BCUT2D eigenvalue weighted by molar-refractivity contribution is 8.24. The van der Waals surface area contributed by atoms with Crippen molar-refractivity contribution in [2.24, 2.45) is 0 Å². The number of carboxylic acids is 1. The van der Waals surface area contributed by atoms with E-state index in [0.717, 1.165) is 4.31 Å². The van der Waals surface area contributed by atoms with Gasteiger partial charge >= 0.3 is 0 Å². The molecule has 33 heavy (non-hydrogen) atoms. The van der Waals surface area contributed by atoms with Gasteiger partial charge in [0.25, 0.3) is 0 Å². The van der Waals surface area contributed by atoms with Crippen LogP contribution in [0.25, 0.3) is 17.3 Å². The Balaban J connectivity index is 2.59. The number of hydrogen-bond donors (Lipinski definition) is 4. The van der Waals surface area contributed by atoms with E-state index in [2.05, 4.69) is 9.97 Å². The number of benzene rings is 1. The summed E-state index contributed by atoms with van der Waals surface area (Å²) < 4.78 is 34.8. The lowest BCUT2D eigenvalue weighted by molar-refractivity contribution is -0.307. The fourth-order valence-electron chi connectivity index (χ4n) is 3.04. The summed E-state index contributed by atoms with van der Waals surface area (Å²) in [6, 6.07) is 5.57. The summed E-state index contributed by atoms with van der Waals surface area (Å²) in [5.74, 6) is -1.94. The second-order valence-electron chi connectivity index (χ2n) is 8.01. The Bertz CT molecular complexity index is 995. The lowest BCUT2D eigenvalue weighted by atomic mass is 9.97. The molecule has 0 spiro atoms. The monoisotopic (exact) mass is 482 g/mol. The normalized spacial score (nSPS) is 14.5. The summed E-state index contributed by atoms with van der Waals surface area (Å²) in [7, 11) is -1.71. The molecule has 0 bridgehead atoms. The third kappa shape index (κ3) is 7.47. The van der Waals surface area contributed by atoms with E-state index < -0.39 is 41.2 Å². The third-order valence-electron chi connectivity index (χ3n) is 4.83. The van der Waals surface area contributed by atoms with Crippen LogP contribution in [-0.2, 0) is 4.79 Å². The number of halogens is 1. The molecule has 1 aromatic carbocycles. The molecule has 1 aromatic heterocycles. The van der Waals surface area contributed by atoms with Gasteiger partial charge in [-0.05, 0) is 30.2 Å². The standard InChI is InChI=1S/C22H30FN3O6S/c1-13(2)20-18(10-9-16(27)11-17(28)12-19(29)30)21(14-5-7-15(23)8-6-14)25-22(24-20)26(3)33(4,31)32/h5-10,13,16-17,27-28,31-32H,11-12H2,1-4H3,(H,29,30)/p-1/b10-9+/t16-,17-/m1/s1. The van der Waals surface area contributed by atoms with E-state index in [4.69, 9.17) is 0 Å². The van der Waals surface area contributed by atoms with Crippen LogP contribution in [-0.4, -0.2) is 60.8 Å². The van der Waals surface area contributed by atoms with E-state index in [1.165, 1.54) is 43.6 Å². The first kappa shape index (κ1) is 26.7. The lowest BCUT2D eigenvalue weighted by Crippen LogP contribution is -2.29. The Hall–Kier alpha value is -2.57. The van der Waals surface area contributed by atoms with Gasteiger partial charge in [-0.2, -0.15) is 0 Å². The van der Waals surface area contributed by atoms with Crippen molar-refractivity contribution in [3.8, 4) is 11.3 Å². The van der Waals surface area contributed by atoms with Crippen LogP contribution in [0, 0.1) is 5.82 Å². The fourth-order valence-corrected chi connectivity index (χ4v) is 3.43. The quantitative estimate of drug-likeness (QED) is 0.400. The summed E-state index contributed by atoms with van der Waals surface area (Å²) in [6.07, 6.45) is 0.918. The maximum Gasteiger partial charge on any atom is 0.244 e. The number of aliphatic hydroxyl groups is 2. The number of aliphatic hydroxyl groups excluding tert-OH is 2. The number of nitrogens with zero attached hydrogens (tertiary/aromatic N) is 3. The van der Waals surface area contributed by atoms with Crippen LogP contribution >= 0.6 is 10.8 Å². The minimum Gasteiger partial charge on any atom is -0.550 e. The molecule has 0 aliphatic rings. The largest absolute Gasteiger partial charge is 0.550 e. The molecule has 0 amide bonds. The molecule has 9 nitrogen and oxygen atoms in total. The molecule has 182 valence electrons. The zero-order chi connectivity index (χ0) is 24.9. The van der Waals surface area contributed by atoms with Gasteiger partial charge in [0.1, 0.15) is 5.82 Å². The molecule has 1 heterocycles. The zero-order valence-corrected chi connectivity index (χ0v) is 19.7. The first-order valence-corrected chi connectivity index (χ1v) is 12.1. The minimum absolute atomic E-state index is 0.0580. The average Bonchev–Trinajstić information content (AvgIpc) is 2.70. The van der Waals surface area contributed by atoms with Crippen LogP contribution in [0.15, 0.2) is 30.3 Å². The molecule has 2 aromatic rings. The average molecular weight is 483 g/mol. The molecule has 0 saturated carbocycles. The van der Waals surface area contributed by atoms with Crippen molar-refractivity contribution in [1.82, 2.24) is 9.97 Å². The molecule has 11 heteroatoms. The van der Waals surface area contributed by atoms with Gasteiger partial charge in [0, 0.05) is 43.2 Å². The number of carbonyl (C=O) groups excluding carboxylic acids is 1. The fraction of sp³-hybridized carbons (Fsp3) is 0.409. The van der Waals surface area contributed by atoms with Gasteiger partial charge in [-0.1, -0.05) is 26.0 Å². The first-order valence-electron chi connectivity index (χ1n) is 10.2. The van der Waals surface area contributed by atoms with Crippen LogP contribution in [0.1, 0.15) is 43.9 Å². The Morgan fingerprint density at radius 3 is 2.33 bits per heavy atom. The van der Waals surface area contributed by atoms with Gasteiger partial charge in [0.05, 0.1) is 23.6 Å². The Morgan fingerprint density at radius 1 is 1.21 bits per heavy atom. The molecular weight excluding hydrogens is 453 g/mol. The molecule has 0 saturated heterocycles. The van der Waals surface area contributed by atoms with Crippen molar-refractivity contribution in [3.63, 3.8) is 0 Å². The number of hydrogen-bond acceptors (Lipinski definition) is 9. The molecule has 4 N–H and O–H groups in total. The van der Waals surface area contributed by atoms with Crippen LogP contribution < -0.4 is 9.41 Å². The van der Waals surface area contributed by atoms with Crippen molar-refractivity contribution in [1.29, 1.82) is 0 Å². The smallest absolute Gasteiger partial charge is 0.244 e. The Morgan fingerprint density at radius 2 is 1.82 bits per heavy atom. The molecule has 0 aliphatic carbocycles. The van der Waals surface area contributed by atoms with E-state index in [9.17, 15) is 33.6 Å². The van der Waals surface area contributed by atoms with Crippen molar-refractivity contribution >= 4 is 28.8 Å². The molecule has 0 fully saturated rings. The van der Waals surface area contributed by atoms with Gasteiger partial charge in [-0.25, -0.2) is 18.7 Å². The Labute approximate surface area is 193 Å². The van der Waals surface area contributed by atoms with Gasteiger partial charge in [-0.15, -0.1) is 10.8 Å². The number of carbonyl (C=O) groups is 1. The summed E-state index contributed by atoms with van der Waals surface area (Å²) in [5.41, 5.74) is 1.95. The highest BCUT2D eigenvalue weighted by Gasteiger charge is 2.23. The van der Waals surface area contributed by atoms with E-state index in [0.29, 0.717) is 22.5 Å². The summed E-state index contributed by atoms with van der Waals surface area (Å²) >= 11 is 0. The number of aliphatic carboxylic acids is 1. The van der Waals surface area contributed by atoms with Crippen LogP contribution in [0.5, 0.6) is 0 Å². The number of carboxylic acid groups (broad SMARTS) is 1. The van der Waals surface area contributed by atoms with Gasteiger partial charge in [0.15, 0.2) is 0 Å². The van der Waals surface area contributed by atoms with E-state index in [-0.39, 0.29) is 18.3 Å². The topological polar surface area (TPSA) is 150 Å². The highest BCUT2D eigenvalue weighted by atomic mass is 32.3. The van der Waals surface area contributed by atoms with Crippen LogP contribution in [0.2, 0.25) is 0 Å². The number of anilines is 1. The van der Waals surface area contributed by atoms with Crippen molar-refractivity contribution in [3.05, 3.63) is 47.4 Å². The Kier molecular flexibility index (Phi) is 8.92. The third-order valence-corrected chi connectivity index (χ3v) is 6.03. The van der Waals surface area contributed by atoms with Crippen molar-refractivity contribution in [2.45, 2.75) is 44.8 Å². The number of aromatic nitrogens is 2. The minimum atomic E-state index is -3.16. The van der Waals surface area contributed by atoms with E-state index >= 15 is 0 Å². The molecule has 2 atom stereocenters. The van der Waals surface area contributed by atoms with Gasteiger partial charge in [0.2, 0.25) is 5.95 Å². The van der Waals surface area contributed by atoms with E-state index in [1.54, 1.807) is 6.08 Å². The number of rotatable bonds is 10. The maximum absolute atomic E-state index is 13.5. The zero-order valence-electron chi connectivity index (χ0n) is 18.8. The van der Waals surface area contributed by atoms with Gasteiger partial charge in [-0.3, -0.25) is 9.11 Å². The second kappa shape index (κ2) is 11.0. The predicted octanol–water partition coefficient (Wildman–Crippen LogP) is 2.40. The van der Waals surface area contributed by atoms with Gasteiger partial charge < -0.3 is 20.1 Å². The molecule has 0 radical (unpaired) electrons. The summed E-state index contributed by atoms with van der Waals surface area (Å²) in [4.78, 5) is 19.6. The molecule has 0 aliphatic heterocycles. The molecule has 2 rings (SSSR count). The van der Waals surface area contributed by atoms with Crippen LogP contribution in [0.4, 0.5) is 10.3 Å². The first-order chi connectivity index (χ1) is 15.3. The molecular formula is C22H29FN3O6S-. The predicted molar refractivity (Wildman–Crippen MR) is 124 cm³/mol. The van der Waals surface area contributed by atoms with Crippen LogP contribution in [0.3, 0.4) is 0 Å². The molecule has 0 unspecified atom stereocenters. The lowest BCUT2D eigenvalue weighted by Gasteiger charge is -2.37. The highest BCUT2D eigenvalue weighted by Crippen LogP contribution is 2.41. The maximum atomic E-state index is 13.5.